The van der Waals surface area contributed by atoms with Gasteiger partial charge in [-0.05, 0) is 26.1 Å². The van der Waals surface area contributed by atoms with E-state index in [2.05, 4.69) is 13.1 Å². The molecule has 0 N–H and O–H groups in total. The van der Waals surface area contributed by atoms with Crippen LogP contribution in [0.3, 0.4) is 0 Å². The van der Waals surface area contributed by atoms with Crippen LogP contribution in [0.4, 0.5) is 0 Å². The predicted molar refractivity (Wildman–Crippen MR) is 44.6 cm³/mol. The summed E-state index contributed by atoms with van der Waals surface area (Å²) in [7, 11) is -1.46. The molecule has 2 nitrogen and oxygen atoms in total. The van der Waals surface area contributed by atoms with Crippen molar-refractivity contribution in [2.24, 2.45) is 0 Å². The Hall–Kier alpha value is -0.153. The van der Waals surface area contributed by atoms with Crippen LogP contribution < -0.4 is 0 Å². The maximum absolute atomic E-state index is 10.0. The van der Waals surface area contributed by atoms with Crippen molar-refractivity contribution in [1.82, 2.24) is 0 Å². The van der Waals surface area contributed by atoms with E-state index in [0.717, 1.165) is 18.9 Å². The average molecular weight is 160 g/mol. The molecule has 60 valence electrons. The zero-order valence-electron chi connectivity index (χ0n) is 7.02. The second-order valence-corrected chi connectivity index (χ2v) is 7.21. The van der Waals surface area contributed by atoms with Crippen LogP contribution in [0, 0.1) is 0 Å². The summed E-state index contributed by atoms with van der Waals surface area (Å²) in [5, 5.41) is 0. The van der Waals surface area contributed by atoms with Crippen molar-refractivity contribution in [3.63, 3.8) is 0 Å². The van der Waals surface area contributed by atoms with E-state index in [9.17, 15) is 4.79 Å². The van der Waals surface area contributed by atoms with Gasteiger partial charge in [0.15, 0.2) is 8.32 Å². The van der Waals surface area contributed by atoms with E-state index >= 15 is 0 Å². The third-order valence-electron chi connectivity index (χ3n) is 1.40. The van der Waals surface area contributed by atoms with Gasteiger partial charge in [-0.15, -0.1) is 0 Å². The van der Waals surface area contributed by atoms with Gasteiger partial charge >= 0.3 is 0 Å². The molecule has 0 amide bonds. The fourth-order valence-electron chi connectivity index (χ4n) is 0.869. The van der Waals surface area contributed by atoms with Gasteiger partial charge in [-0.1, -0.05) is 0 Å². The van der Waals surface area contributed by atoms with Gasteiger partial charge in [0, 0.05) is 13.0 Å². The summed E-state index contributed by atoms with van der Waals surface area (Å²) in [4.78, 5) is 10.0. The molecule has 0 aromatic carbocycles. The lowest BCUT2D eigenvalue weighted by atomic mass is 10.6. The van der Waals surface area contributed by atoms with E-state index in [1.807, 2.05) is 6.92 Å². The standard InChI is InChI=1S/C7H16O2Si/c1-4-9-10(2,3)7-5-6-8/h6H,4-5,7H2,1-3H3. The predicted octanol–water partition coefficient (Wildman–Crippen LogP) is 1.82. The maximum Gasteiger partial charge on any atom is 0.187 e. The fourth-order valence-corrected chi connectivity index (χ4v) is 2.61. The van der Waals surface area contributed by atoms with Crippen molar-refractivity contribution in [2.75, 3.05) is 6.61 Å². The minimum absolute atomic E-state index is 0.652. The van der Waals surface area contributed by atoms with E-state index in [1.165, 1.54) is 0 Å². The van der Waals surface area contributed by atoms with Gasteiger partial charge < -0.3 is 9.22 Å². The molecule has 0 saturated carbocycles. The van der Waals surface area contributed by atoms with Crippen molar-refractivity contribution in [1.29, 1.82) is 0 Å². The summed E-state index contributed by atoms with van der Waals surface area (Å²) in [6.45, 7) is 7.05. The third kappa shape index (κ3) is 4.70. The number of rotatable bonds is 5. The van der Waals surface area contributed by atoms with Gasteiger partial charge in [0.1, 0.15) is 6.29 Å². The lowest BCUT2D eigenvalue weighted by Crippen LogP contribution is -2.29. The largest absolute Gasteiger partial charge is 0.418 e. The summed E-state index contributed by atoms with van der Waals surface area (Å²) in [6, 6.07) is 0.949. The Morgan fingerprint density at radius 2 is 2.10 bits per heavy atom. The number of hydrogen-bond donors (Lipinski definition) is 0. The lowest BCUT2D eigenvalue weighted by molar-refractivity contribution is -0.107. The molecule has 10 heavy (non-hydrogen) atoms. The zero-order valence-corrected chi connectivity index (χ0v) is 8.02. The van der Waals surface area contributed by atoms with Crippen LogP contribution in [0.5, 0.6) is 0 Å². The van der Waals surface area contributed by atoms with E-state index in [1.54, 1.807) is 0 Å². The first-order valence-electron chi connectivity index (χ1n) is 3.70. The molecule has 0 aliphatic rings. The van der Waals surface area contributed by atoms with Crippen molar-refractivity contribution < 1.29 is 9.22 Å². The summed E-state index contributed by atoms with van der Waals surface area (Å²) < 4.78 is 5.51. The molecule has 0 atom stereocenters. The van der Waals surface area contributed by atoms with Crippen LogP contribution in [0.25, 0.3) is 0 Å². The van der Waals surface area contributed by atoms with Gasteiger partial charge in [0.2, 0.25) is 0 Å². The average Bonchev–Trinajstić information content (AvgIpc) is 1.84. The Kier molecular flexibility index (Phi) is 4.56. The Morgan fingerprint density at radius 1 is 1.50 bits per heavy atom. The highest BCUT2D eigenvalue weighted by molar-refractivity contribution is 6.71. The molecule has 0 aliphatic carbocycles. The van der Waals surface area contributed by atoms with E-state index in [4.69, 9.17) is 4.43 Å². The first-order chi connectivity index (χ1) is 4.62. The Balaban J connectivity index is 3.51. The maximum atomic E-state index is 10.0. The molecule has 0 bridgehead atoms. The SMILES string of the molecule is CCO[Si](C)(C)CCC=O. The highest BCUT2D eigenvalue weighted by Crippen LogP contribution is 2.11. The van der Waals surface area contributed by atoms with Gasteiger partial charge in [-0.2, -0.15) is 0 Å². The molecule has 0 aromatic heterocycles. The van der Waals surface area contributed by atoms with Crippen LogP contribution in [0.15, 0.2) is 0 Å². The third-order valence-corrected chi connectivity index (χ3v) is 3.96. The van der Waals surface area contributed by atoms with Crippen molar-refractivity contribution >= 4 is 14.6 Å². The molecule has 0 heterocycles. The molecular formula is C7H16O2Si. The minimum Gasteiger partial charge on any atom is -0.418 e. The molecule has 0 aliphatic heterocycles. The number of carbonyl (C=O) groups is 1. The zero-order chi connectivity index (χ0) is 8.04. The normalized spacial score (nSPS) is 11.5. The van der Waals surface area contributed by atoms with E-state index in [-0.39, 0.29) is 0 Å². The quantitative estimate of drug-likeness (QED) is 0.453. The molecule has 0 saturated heterocycles. The lowest BCUT2D eigenvalue weighted by Gasteiger charge is -2.20. The Morgan fingerprint density at radius 3 is 2.50 bits per heavy atom. The second kappa shape index (κ2) is 4.63. The first kappa shape index (κ1) is 9.85. The van der Waals surface area contributed by atoms with Crippen molar-refractivity contribution in [2.45, 2.75) is 32.5 Å². The highest BCUT2D eigenvalue weighted by Gasteiger charge is 2.20. The Labute approximate surface area is 63.7 Å². The molecule has 0 rings (SSSR count). The van der Waals surface area contributed by atoms with Crippen LogP contribution in [-0.4, -0.2) is 21.2 Å². The van der Waals surface area contributed by atoms with E-state index < -0.39 is 8.32 Å². The first-order valence-corrected chi connectivity index (χ1v) is 6.81. The van der Waals surface area contributed by atoms with Gasteiger partial charge in [-0.3, -0.25) is 0 Å². The molecule has 0 radical (unpaired) electrons. The summed E-state index contributed by atoms with van der Waals surface area (Å²) in [6.07, 6.45) is 1.62. The van der Waals surface area contributed by atoms with Gasteiger partial charge in [0.25, 0.3) is 0 Å². The summed E-state index contributed by atoms with van der Waals surface area (Å²) >= 11 is 0. The van der Waals surface area contributed by atoms with Crippen molar-refractivity contribution in [3.05, 3.63) is 0 Å². The molecule has 3 heteroatoms. The molecular weight excluding hydrogens is 144 g/mol. The minimum atomic E-state index is -1.46. The van der Waals surface area contributed by atoms with Gasteiger partial charge in [0.05, 0.1) is 0 Å². The molecule has 0 aromatic rings. The molecule has 0 fully saturated rings. The molecule has 0 spiro atoms. The van der Waals surface area contributed by atoms with Crippen LogP contribution in [0.1, 0.15) is 13.3 Å². The topological polar surface area (TPSA) is 26.3 Å². The van der Waals surface area contributed by atoms with E-state index in [0.29, 0.717) is 6.42 Å². The number of aldehydes is 1. The second-order valence-electron chi connectivity index (χ2n) is 2.90. The van der Waals surface area contributed by atoms with Gasteiger partial charge in [-0.25, -0.2) is 0 Å². The van der Waals surface area contributed by atoms with Crippen LogP contribution >= 0.6 is 0 Å². The fraction of sp³-hybridized carbons (Fsp3) is 0.857. The Bertz CT molecular complexity index is 102. The van der Waals surface area contributed by atoms with Crippen LogP contribution in [-0.2, 0) is 9.22 Å². The smallest absolute Gasteiger partial charge is 0.187 e. The molecule has 0 unspecified atom stereocenters. The number of carbonyl (C=O) groups excluding carboxylic acids is 1. The summed E-state index contributed by atoms with van der Waals surface area (Å²) in [5.74, 6) is 0. The monoisotopic (exact) mass is 160 g/mol. The number of hydrogen-bond acceptors (Lipinski definition) is 2. The van der Waals surface area contributed by atoms with Crippen molar-refractivity contribution in [3.8, 4) is 0 Å². The van der Waals surface area contributed by atoms with Crippen LogP contribution in [0.2, 0.25) is 19.1 Å². The summed E-state index contributed by atoms with van der Waals surface area (Å²) in [5.41, 5.74) is 0. The highest BCUT2D eigenvalue weighted by atomic mass is 28.4.